The van der Waals surface area contributed by atoms with Gasteiger partial charge < -0.3 is 19.9 Å². The molecule has 2 fully saturated rings. The second kappa shape index (κ2) is 11.3. The third-order valence-corrected chi connectivity index (χ3v) is 6.64. The van der Waals surface area contributed by atoms with Crippen molar-refractivity contribution in [3.63, 3.8) is 0 Å². The van der Waals surface area contributed by atoms with Crippen LogP contribution in [-0.4, -0.2) is 88.6 Å². The zero-order valence-electron chi connectivity index (χ0n) is 20.7. The van der Waals surface area contributed by atoms with E-state index in [9.17, 15) is 14.0 Å². The Morgan fingerprint density at radius 3 is 2.66 bits per heavy atom. The molecule has 1 aromatic carbocycles. The lowest BCUT2D eigenvalue weighted by atomic mass is 9.92. The quantitative estimate of drug-likeness (QED) is 0.643. The Labute approximate surface area is 205 Å². The Morgan fingerprint density at radius 2 is 1.97 bits per heavy atom. The van der Waals surface area contributed by atoms with Gasteiger partial charge in [0.15, 0.2) is 5.69 Å². The van der Waals surface area contributed by atoms with Crippen molar-refractivity contribution < 1.29 is 18.7 Å². The number of nitrogens with one attached hydrogen (secondary N) is 1. The highest BCUT2D eigenvalue weighted by molar-refractivity contribution is 5.94. The molecule has 2 atom stereocenters. The number of aromatic nitrogens is 3. The van der Waals surface area contributed by atoms with Crippen LogP contribution >= 0.6 is 0 Å². The smallest absolute Gasteiger partial charge is 0.276 e. The third kappa shape index (κ3) is 5.54. The Balaban J connectivity index is 1.58. The highest BCUT2D eigenvalue weighted by atomic mass is 19.1. The number of halogens is 1. The van der Waals surface area contributed by atoms with Gasteiger partial charge in [0, 0.05) is 38.8 Å². The van der Waals surface area contributed by atoms with E-state index in [0.717, 1.165) is 0 Å². The summed E-state index contributed by atoms with van der Waals surface area (Å²) in [6.45, 7) is 10.1. The number of hydrogen-bond donors (Lipinski definition) is 1. The molecule has 2 aliphatic heterocycles. The average molecular weight is 487 g/mol. The first-order valence-corrected chi connectivity index (χ1v) is 12.5. The Kier molecular flexibility index (Phi) is 8.12. The van der Waals surface area contributed by atoms with Crippen LogP contribution in [0, 0.1) is 17.7 Å². The molecule has 0 unspecified atom stereocenters. The molecule has 0 bridgehead atoms. The van der Waals surface area contributed by atoms with E-state index in [1.54, 1.807) is 18.2 Å². The van der Waals surface area contributed by atoms with Crippen LogP contribution in [0.25, 0.3) is 5.69 Å². The number of morpholine rings is 1. The molecule has 10 heteroatoms. The number of nitrogens with zero attached hydrogens (tertiary/aromatic N) is 5. The first-order chi connectivity index (χ1) is 16.9. The van der Waals surface area contributed by atoms with Gasteiger partial charge in [-0.3, -0.25) is 9.59 Å². The lowest BCUT2D eigenvalue weighted by Gasteiger charge is -2.40. The topological polar surface area (TPSA) is 92.6 Å². The summed E-state index contributed by atoms with van der Waals surface area (Å²) in [7, 11) is 0. The summed E-state index contributed by atoms with van der Waals surface area (Å²) in [5, 5.41) is 11.7. The number of carbonyl (C=O) groups is 2. The average Bonchev–Trinajstić information content (AvgIpc) is 3.31. The maximum Gasteiger partial charge on any atom is 0.276 e. The highest BCUT2D eigenvalue weighted by Gasteiger charge is 2.37. The van der Waals surface area contributed by atoms with Crippen LogP contribution in [-0.2, 0) is 16.0 Å². The molecule has 0 aliphatic carbocycles. The summed E-state index contributed by atoms with van der Waals surface area (Å²) in [6.07, 6.45) is 1.06. The molecule has 0 radical (unpaired) electrons. The van der Waals surface area contributed by atoms with E-state index in [2.05, 4.69) is 29.5 Å². The molecule has 3 heterocycles. The minimum Gasteiger partial charge on any atom is -0.378 e. The number of rotatable bonds is 7. The van der Waals surface area contributed by atoms with Gasteiger partial charge in [0.2, 0.25) is 5.91 Å². The first kappa shape index (κ1) is 25.2. The summed E-state index contributed by atoms with van der Waals surface area (Å²) in [5.74, 6) is -0.521. The molecule has 9 nitrogen and oxygen atoms in total. The Morgan fingerprint density at radius 1 is 1.23 bits per heavy atom. The molecule has 190 valence electrons. The van der Waals surface area contributed by atoms with E-state index < -0.39 is 5.82 Å². The van der Waals surface area contributed by atoms with E-state index in [4.69, 9.17) is 4.74 Å². The minimum absolute atomic E-state index is 0.113. The molecule has 35 heavy (non-hydrogen) atoms. The van der Waals surface area contributed by atoms with Gasteiger partial charge in [-0.2, -0.15) is 0 Å². The normalized spacial score (nSPS) is 20.8. The van der Waals surface area contributed by atoms with Gasteiger partial charge in [-0.25, -0.2) is 9.07 Å². The summed E-state index contributed by atoms with van der Waals surface area (Å²) in [6, 6.07) is 6.17. The number of para-hydroxylation sites is 1. The molecule has 2 amide bonds. The lowest BCUT2D eigenvalue weighted by molar-refractivity contribution is -0.140. The molecule has 1 aromatic heterocycles. The van der Waals surface area contributed by atoms with Gasteiger partial charge in [0.1, 0.15) is 11.5 Å². The van der Waals surface area contributed by atoms with Gasteiger partial charge in [0.25, 0.3) is 5.91 Å². The second-order valence-corrected chi connectivity index (χ2v) is 9.64. The number of amides is 2. The summed E-state index contributed by atoms with van der Waals surface area (Å²) in [5.41, 5.74) is 1.07. The van der Waals surface area contributed by atoms with Crippen LogP contribution in [0.1, 0.15) is 43.4 Å². The standard InChI is InChI=1S/C25H35FN6O3/c1-4-21-23(28-29-32(21)22-8-6-5-7-20(22)26)25(34)31(16-17(2)3)19-13-18(14-27-15-19)24(33)30-9-11-35-12-10-30/h5-8,17-19,27H,4,9-16H2,1-3H3/t18-,19+/m1/s1. The predicted molar refractivity (Wildman–Crippen MR) is 129 cm³/mol. The van der Waals surface area contributed by atoms with E-state index in [0.29, 0.717) is 64.5 Å². The van der Waals surface area contributed by atoms with Crippen molar-refractivity contribution in [2.24, 2.45) is 11.8 Å². The number of piperidine rings is 1. The molecule has 2 saturated heterocycles. The van der Waals surface area contributed by atoms with Crippen molar-refractivity contribution in [1.29, 1.82) is 0 Å². The van der Waals surface area contributed by atoms with Gasteiger partial charge in [-0.15, -0.1) is 5.10 Å². The maximum absolute atomic E-state index is 14.5. The van der Waals surface area contributed by atoms with Crippen LogP contribution in [0.2, 0.25) is 0 Å². The van der Waals surface area contributed by atoms with Gasteiger partial charge in [-0.1, -0.05) is 38.1 Å². The van der Waals surface area contributed by atoms with Crippen LogP contribution in [0.5, 0.6) is 0 Å². The zero-order chi connectivity index (χ0) is 24.9. The van der Waals surface area contributed by atoms with Crippen molar-refractivity contribution in [3.05, 3.63) is 41.5 Å². The molecule has 4 rings (SSSR count). The summed E-state index contributed by atoms with van der Waals surface area (Å²) >= 11 is 0. The fourth-order valence-corrected chi connectivity index (χ4v) is 4.92. The minimum atomic E-state index is -0.425. The summed E-state index contributed by atoms with van der Waals surface area (Å²) < 4.78 is 21.3. The summed E-state index contributed by atoms with van der Waals surface area (Å²) in [4.78, 5) is 30.7. The zero-order valence-corrected chi connectivity index (χ0v) is 20.7. The van der Waals surface area contributed by atoms with Crippen LogP contribution in [0.3, 0.4) is 0 Å². The van der Waals surface area contributed by atoms with E-state index in [1.165, 1.54) is 10.7 Å². The van der Waals surface area contributed by atoms with Gasteiger partial charge in [0.05, 0.1) is 24.8 Å². The largest absolute Gasteiger partial charge is 0.378 e. The third-order valence-electron chi connectivity index (χ3n) is 6.64. The van der Waals surface area contributed by atoms with Crippen molar-refractivity contribution in [2.75, 3.05) is 45.9 Å². The number of ether oxygens (including phenoxy) is 1. The Hall–Kier alpha value is -2.85. The fraction of sp³-hybridized carbons (Fsp3) is 0.600. The monoisotopic (exact) mass is 486 g/mol. The highest BCUT2D eigenvalue weighted by Crippen LogP contribution is 2.24. The molecular formula is C25H35FN6O3. The molecule has 1 N–H and O–H groups in total. The van der Waals surface area contributed by atoms with Crippen LogP contribution < -0.4 is 5.32 Å². The maximum atomic E-state index is 14.5. The van der Waals surface area contributed by atoms with E-state index in [1.807, 2.05) is 16.7 Å². The molecular weight excluding hydrogens is 451 g/mol. The molecule has 2 aromatic rings. The molecule has 0 spiro atoms. The number of hydrogen-bond acceptors (Lipinski definition) is 6. The van der Waals surface area contributed by atoms with Crippen molar-refractivity contribution in [3.8, 4) is 5.69 Å². The lowest BCUT2D eigenvalue weighted by Crippen LogP contribution is -2.56. The first-order valence-electron chi connectivity index (χ1n) is 12.5. The van der Waals surface area contributed by atoms with Gasteiger partial charge >= 0.3 is 0 Å². The molecule has 0 saturated carbocycles. The van der Waals surface area contributed by atoms with E-state index >= 15 is 0 Å². The predicted octanol–water partition coefficient (Wildman–Crippen LogP) is 1.90. The SMILES string of the molecule is CCc1c(C(=O)N(CC(C)C)[C@@H]2CNC[C@H](C(=O)N3CCOCC3)C2)nnn1-c1ccccc1F. The second-order valence-electron chi connectivity index (χ2n) is 9.64. The van der Waals surface area contributed by atoms with Crippen molar-refractivity contribution in [1.82, 2.24) is 30.1 Å². The van der Waals surface area contributed by atoms with E-state index in [-0.39, 0.29) is 41.1 Å². The van der Waals surface area contributed by atoms with Crippen molar-refractivity contribution in [2.45, 2.75) is 39.7 Å². The number of benzene rings is 1. The van der Waals surface area contributed by atoms with Crippen LogP contribution in [0.4, 0.5) is 4.39 Å². The Bertz CT molecular complexity index is 1040. The number of carbonyl (C=O) groups excluding carboxylic acids is 2. The van der Waals surface area contributed by atoms with Crippen LogP contribution in [0.15, 0.2) is 24.3 Å². The fourth-order valence-electron chi connectivity index (χ4n) is 4.92. The van der Waals surface area contributed by atoms with Crippen molar-refractivity contribution >= 4 is 11.8 Å². The van der Waals surface area contributed by atoms with Gasteiger partial charge in [-0.05, 0) is 30.9 Å². The molecule has 2 aliphatic rings.